The summed E-state index contributed by atoms with van der Waals surface area (Å²) >= 11 is 0. The van der Waals surface area contributed by atoms with E-state index in [0.717, 1.165) is 62.2 Å². The molecule has 6 rings (SSSR count). The molecule has 5 heterocycles. The first-order chi connectivity index (χ1) is 16.2. The van der Waals surface area contributed by atoms with Gasteiger partial charge in [0.1, 0.15) is 17.0 Å². The molecule has 7 nitrogen and oxygen atoms in total. The highest BCUT2D eigenvalue weighted by Crippen LogP contribution is 2.39. The van der Waals surface area contributed by atoms with Gasteiger partial charge in [-0.3, -0.25) is 15.1 Å². The Labute approximate surface area is 191 Å². The van der Waals surface area contributed by atoms with E-state index in [1.807, 2.05) is 24.5 Å². The number of hydrogen-bond acceptors (Lipinski definition) is 6. The van der Waals surface area contributed by atoms with Crippen molar-refractivity contribution in [1.82, 2.24) is 25.1 Å². The zero-order valence-electron chi connectivity index (χ0n) is 18.6. The summed E-state index contributed by atoms with van der Waals surface area (Å²) in [4.78, 5) is 16.9. The molecule has 7 heteroatoms. The van der Waals surface area contributed by atoms with Crippen molar-refractivity contribution < 1.29 is 4.74 Å². The summed E-state index contributed by atoms with van der Waals surface area (Å²) in [5, 5.41) is 9.42. The Morgan fingerprint density at radius 2 is 1.97 bits per heavy atom. The number of aromatic amines is 1. The summed E-state index contributed by atoms with van der Waals surface area (Å²) in [6.45, 7) is 6.45. The number of nitrogens with one attached hydrogen (secondary N) is 1. The number of rotatable bonds is 3. The highest BCUT2D eigenvalue weighted by atomic mass is 16.5. The number of aryl methyl sites for hydroxylation is 1. The standard InChI is InChI=1S/C26H24N6O/c1-16-14-28-25(22-8-10-29-31-22)26-24(16)20(13-23(30-26)32-11-12-33-15-17(32)2)18-7-9-27-21-6-4-3-5-19(18)21/h3-10,13-14,17H,11-12,15H2,1-2H3,(H,29,31). The fraction of sp³-hybridized carbons (Fsp3) is 0.231. The summed E-state index contributed by atoms with van der Waals surface area (Å²) in [5.41, 5.74) is 6.85. The maximum Gasteiger partial charge on any atom is 0.130 e. The Bertz CT molecular complexity index is 1460. The van der Waals surface area contributed by atoms with Gasteiger partial charge in [0.15, 0.2) is 0 Å². The molecular formula is C26H24N6O. The van der Waals surface area contributed by atoms with Gasteiger partial charge in [-0.2, -0.15) is 5.10 Å². The number of aromatic nitrogens is 5. The fourth-order valence-corrected chi connectivity index (χ4v) is 4.73. The van der Waals surface area contributed by atoms with E-state index in [9.17, 15) is 0 Å². The van der Waals surface area contributed by atoms with Gasteiger partial charge in [-0.15, -0.1) is 0 Å². The number of H-pyrrole nitrogens is 1. The molecule has 164 valence electrons. The second-order valence-electron chi connectivity index (χ2n) is 8.50. The lowest BCUT2D eigenvalue weighted by Gasteiger charge is -2.35. The van der Waals surface area contributed by atoms with Gasteiger partial charge in [0.25, 0.3) is 0 Å². The maximum absolute atomic E-state index is 5.69. The van der Waals surface area contributed by atoms with Crippen LogP contribution in [0.4, 0.5) is 5.82 Å². The van der Waals surface area contributed by atoms with Gasteiger partial charge in [0, 0.05) is 35.9 Å². The summed E-state index contributed by atoms with van der Waals surface area (Å²) < 4.78 is 5.69. The molecule has 0 saturated carbocycles. The Hall–Kier alpha value is -3.84. The average molecular weight is 437 g/mol. The molecule has 0 bridgehead atoms. The van der Waals surface area contributed by atoms with Crippen LogP contribution in [0.15, 0.2) is 61.1 Å². The third-order valence-corrected chi connectivity index (χ3v) is 6.37. The molecule has 1 fully saturated rings. The average Bonchev–Trinajstić information content (AvgIpc) is 3.38. The number of morpholine rings is 1. The largest absolute Gasteiger partial charge is 0.377 e. The minimum atomic E-state index is 0.235. The molecule has 1 aliphatic heterocycles. The van der Waals surface area contributed by atoms with Crippen molar-refractivity contribution in [2.75, 3.05) is 24.7 Å². The number of benzene rings is 1. The van der Waals surface area contributed by atoms with Gasteiger partial charge in [-0.05, 0) is 54.8 Å². The van der Waals surface area contributed by atoms with Gasteiger partial charge >= 0.3 is 0 Å². The topological polar surface area (TPSA) is 79.8 Å². The Morgan fingerprint density at radius 1 is 1.06 bits per heavy atom. The minimum absolute atomic E-state index is 0.235. The van der Waals surface area contributed by atoms with Crippen molar-refractivity contribution in [2.45, 2.75) is 19.9 Å². The quantitative estimate of drug-likeness (QED) is 0.439. The van der Waals surface area contributed by atoms with Crippen LogP contribution in [-0.4, -0.2) is 50.9 Å². The normalized spacial score (nSPS) is 16.5. The van der Waals surface area contributed by atoms with E-state index >= 15 is 0 Å². The fourth-order valence-electron chi connectivity index (χ4n) is 4.73. The Balaban J connectivity index is 1.71. The van der Waals surface area contributed by atoms with E-state index < -0.39 is 0 Å². The summed E-state index contributed by atoms with van der Waals surface area (Å²) in [6.07, 6.45) is 5.55. The molecular weight excluding hydrogens is 412 g/mol. The molecule has 33 heavy (non-hydrogen) atoms. The SMILES string of the molecule is Cc1cnc(-c2ccn[nH]2)c2nc(N3CCOCC3C)cc(-c3ccnc4ccccc34)c12. The van der Waals surface area contributed by atoms with Crippen LogP contribution in [0.5, 0.6) is 0 Å². The maximum atomic E-state index is 5.69. The van der Waals surface area contributed by atoms with Crippen LogP contribution in [0, 0.1) is 6.92 Å². The van der Waals surface area contributed by atoms with Gasteiger partial charge in [0.2, 0.25) is 0 Å². The van der Waals surface area contributed by atoms with E-state index in [1.54, 1.807) is 6.20 Å². The predicted octanol–water partition coefficient (Wildman–Crippen LogP) is 4.77. The number of fused-ring (bicyclic) bond motifs is 2. The Kier molecular flexibility index (Phi) is 4.77. The minimum Gasteiger partial charge on any atom is -0.377 e. The van der Waals surface area contributed by atoms with E-state index in [-0.39, 0.29) is 6.04 Å². The number of pyridine rings is 3. The highest BCUT2D eigenvalue weighted by Gasteiger charge is 2.24. The molecule has 0 radical (unpaired) electrons. The van der Waals surface area contributed by atoms with Crippen LogP contribution >= 0.6 is 0 Å². The third-order valence-electron chi connectivity index (χ3n) is 6.37. The van der Waals surface area contributed by atoms with Crippen LogP contribution in [0.3, 0.4) is 0 Å². The lowest BCUT2D eigenvalue weighted by molar-refractivity contribution is 0.0986. The first-order valence-corrected chi connectivity index (χ1v) is 11.2. The third kappa shape index (κ3) is 3.32. The molecule has 1 saturated heterocycles. The molecule has 0 aliphatic carbocycles. The second kappa shape index (κ2) is 7.94. The molecule has 0 spiro atoms. The molecule has 1 aliphatic rings. The van der Waals surface area contributed by atoms with Crippen molar-refractivity contribution in [3.8, 4) is 22.5 Å². The summed E-state index contributed by atoms with van der Waals surface area (Å²) in [6, 6.07) is 14.8. The number of hydrogen-bond donors (Lipinski definition) is 1. The predicted molar refractivity (Wildman–Crippen MR) is 130 cm³/mol. The van der Waals surface area contributed by atoms with Crippen LogP contribution < -0.4 is 4.90 Å². The van der Waals surface area contributed by atoms with Gasteiger partial charge in [0.05, 0.1) is 30.5 Å². The number of anilines is 1. The molecule has 5 aromatic rings. The van der Waals surface area contributed by atoms with Crippen molar-refractivity contribution >= 4 is 27.6 Å². The van der Waals surface area contributed by atoms with Crippen LogP contribution in [0.2, 0.25) is 0 Å². The van der Waals surface area contributed by atoms with Crippen molar-refractivity contribution in [1.29, 1.82) is 0 Å². The van der Waals surface area contributed by atoms with Crippen molar-refractivity contribution in [3.63, 3.8) is 0 Å². The second-order valence-corrected chi connectivity index (χ2v) is 8.50. The lowest BCUT2D eigenvalue weighted by atomic mass is 9.95. The molecule has 1 N–H and O–H groups in total. The molecule has 1 atom stereocenters. The molecule has 0 amide bonds. The molecule has 4 aromatic heterocycles. The first kappa shape index (κ1) is 19.8. The number of para-hydroxylation sites is 1. The van der Waals surface area contributed by atoms with Gasteiger partial charge < -0.3 is 9.64 Å². The van der Waals surface area contributed by atoms with Crippen molar-refractivity contribution in [2.24, 2.45) is 0 Å². The number of nitrogens with zero attached hydrogens (tertiary/aromatic N) is 5. The van der Waals surface area contributed by atoms with E-state index in [0.29, 0.717) is 13.2 Å². The summed E-state index contributed by atoms with van der Waals surface area (Å²) in [7, 11) is 0. The zero-order valence-corrected chi connectivity index (χ0v) is 18.6. The first-order valence-electron chi connectivity index (χ1n) is 11.2. The smallest absolute Gasteiger partial charge is 0.130 e. The molecule has 1 unspecified atom stereocenters. The monoisotopic (exact) mass is 436 g/mol. The van der Waals surface area contributed by atoms with Gasteiger partial charge in [-0.1, -0.05) is 18.2 Å². The highest BCUT2D eigenvalue weighted by molar-refractivity contribution is 6.08. The summed E-state index contributed by atoms with van der Waals surface area (Å²) in [5.74, 6) is 0.933. The molecule has 1 aromatic carbocycles. The van der Waals surface area contributed by atoms with E-state index in [4.69, 9.17) is 14.7 Å². The van der Waals surface area contributed by atoms with Crippen molar-refractivity contribution in [3.05, 3.63) is 66.6 Å². The Morgan fingerprint density at radius 3 is 2.82 bits per heavy atom. The van der Waals surface area contributed by atoms with E-state index in [2.05, 4.69) is 64.3 Å². The van der Waals surface area contributed by atoms with E-state index in [1.165, 1.54) is 0 Å². The van der Waals surface area contributed by atoms with Gasteiger partial charge in [-0.25, -0.2) is 4.98 Å². The number of ether oxygens (including phenoxy) is 1. The van der Waals surface area contributed by atoms with Crippen LogP contribution in [0.25, 0.3) is 44.3 Å². The zero-order chi connectivity index (χ0) is 22.4. The van der Waals surface area contributed by atoms with Crippen LogP contribution in [0.1, 0.15) is 12.5 Å². The lowest BCUT2D eigenvalue weighted by Crippen LogP contribution is -2.44. The van der Waals surface area contributed by atoms with Crippen LogP contribution in [-0.2, 0) is 4.74 Å².